The van der Waals surface area contributed by atoms with Crippen LogP contribution in [-0.2, 0) is 16.4 Å². The number of nitrogens with one attached hydrogen (secondary N) is 2. The van der Waals surface area contributed by atoms with Gasteiger partial charge in [-0.05, 0) is 66.6 Å². The number of hydrogen-bond acceptors (Lipinski definition) is 5. The Morgan fingerprint density at radius 3 is 2.26 bits per heavy atom. The van der Waals surface area contributed by atoms with Crippen molar-refractivity contribution in [2.75, 3.05) is 21.5 Å². The number of anilines is 4. The highest BCUT2D eigenvalue weighted by atomic mass is 32.2. The molecule has 0 saturated carbocycles. The zero-order chi connectivity index (χ0) is 23.5. The third-order valence-electron chi connectivity index (χ3n) is 5.69. The normalized spacial score (nSPS) is 12.8. The first-order chi connectivity index (χ1) is 16.5. The number of pyridine rings is 1. The van der Waals surface area contributed by atoms with E-state index >= 15 is 0 Å². The van der Waals surface area contributed by atoms with Gasteiger partial charge in [0.15, 0.2) is 0 Å². The zero-order valence-electron chi connectivity index (χ0n) is 18.2. The van der Waals surface area contributed by atoms with Crippen LogP contribution < -0.4 is 14.9 Å². The predicted octanol–water partition coefficient (Wildman–Crippen LogP) is 4.83. The number of rotatable bonds is 6. The summed E-state index contributed by atoms with van der Waals surface area (Å²) in [6.07, 6.45) is 3.95. The van der Waals surface area contributed by atoms with Crippen molar-refractivity contribution in [3.63, 3.8) is 0 Å². The summed E-state index contributed by atoms with van der Waals surface area (Å²) < 4.78 is 27.8. The molecule has 1 aromatic heterocycles. The first-order valence-corrected chi connectivity index (χ1v) is 12.3. The van der Waals surface area contributed by atoms with Crippen LogP contribution in [0.2, 0.25) is 0 Å². The molecule has 4 aromatic rings. The standard InChI is InChI=1S/C26H22N4O3S/c31-26(20-9-11-22(12-10-20)34(32,33)29-21-13-16-27-17-14-21)28-23-6-2-4-8-25(23)30-18-15-19-5-1-3-7-24(19)30/h1-14,16-17H,15,18H2,(H,27,29)(H,28,31). The van der Waals surface area contributed by atoms with Crippen LogP contribution >= 0.6 is 0 Å². The first kappa shape index (κ1) is 21.7. The Balaban J connectivity index is 1.34. The number of para-hydroxylation sites is 3. The van der Waals surface area contributed by atoms with Crippen LogP contribution in [0.1, 0.15) is 15.9 Å². The van der Waals surface area contributed by atoms with Crippen molar-refractivity contribution in [1.82, 2.24) is 4.98 Å². The molecule has 0 spiro atoms. The summed E-state index contributed by atoms with van der Waals surface area (Å²) in [6.45, 7) is 0.837. The molecule has 0 radical (unpaired) electrons. The third kappa shape index (κ3) is 4.35. The number of carbonyl (C=O) groups is 1. The Kier molecular flexibility index (Phi) is 5.73. The average molecular weight is 471 g/mol. The molecule has 0 aliphatic carbocycles. The second-order valence-electron chi connectivity index (χ2n) is 7.87. The highest BCUT2D eigenvalue weighted by Gasteiger charge is 2.22. The lowest BCUT2D eigenvalue weighted by atomic mass is 10.1. The predicted molar refractivity (Wildman–Crippen MR) is 133 cm³/mol. The van der Waals surface area contributed by atoms with Gasteiger partial charge in [0, 0.05) is 30.2 Å². The molecule has 1 amide bonds. The van der Waals surface area contributed by atoms with Crippen LogP contribution in [0.4, 0.5) is 22.7 Å². The minimum Gasteiger partial charge on any atom is -0.339 e. The Morgan fingerprint density at radius 1 is 0.824 bits per heavy atom. The Labute approximate surface area is 198 Å². The number of carbonyl (C=O) groups excluding carboxylic acids is 1. The summed E-state index contributed by atoms with van der Waals surface area (Å²) in [7, 11) is -3.78. The van der Waals surface area contributed by atoms with Crippen molar-refractivity contribution in [3.05, 3.63) is 108 Å². The largest absolute Gasteiger partial charge is 0.339 e. The minimum absolute atomic E-state index is 0.0648. The molecule has 8 heteroatoms. The van der Waals surface area contributed by atoms with Gasteiger partial charge in [-0.15, -0.1) is 0 Å². The molecule has 0 fully saturated rings. The van der Waals surface area contributed by atoms with Crippen LogP contribution in [0.3, 0.4) is 0 Å². The second kappa shape index (κ2) is 8.99. The van der Waals surface area contributed by atoms with E-state index in [1.165, 1.54) is 42.2 Å². The van der Waals surface area contributed by atoms with E-state index in [0.29, 0.717) is 16.9 Å². The zero-order valence-corrected chi connectivity index (χ0v) is 19.0. The Bertz CT molecular complexity index is 1440. The number of aromatic nitrogens is 1. The van der Waals surface area contributed by atoms with Gasteiger partial charge in [-0.3, -0.25) is 14.5 Å². The summed E-state index contributed by atoms with van der Waals surface area (Å²) in [5.74, 6) is -0.314. The molecular weight excluding hydrogens is 448 g/mol. The molecule has 3 aromatic carbocycles. The molecule has 170 valence electrons. The van der Waals surface area contributed by atoms with E-state index in [0.717, 1.165) is 24.3 Å². The van der Waals surface area contributed by atoms with E-state index < -0.39 is 10.0 Å². The fourth-order valence-electron chi connectivity index (χ4n) is 4.02. The summed E-state index contributed by atoms with van der Waals surface area (Å²) in [5.41, 5.74) is 4.81. The number of hydrogen-bond donors (Lipinski definition) is 2. The molecular formula is C26H22N4O3S. The van der Waals surface area contributed by atoms with Crippen molar-refractivity contribution in [2.24, 2.45) is 0 Å². The lowest BCUT2D eigenvalue weighted by molar-refractivity contribution is 0.102. The van der Waals surface area contributed by atoms with Crippen molar-refractivity contribution in [1.29, 1.82) is 0 Å². The van der Waals surface area contributed by atoms with Gasteiger partial charge in [-0.1, -0.05) is 30.3 Å². The summed E-state index contributed by atoms with van der Waals surface area (Å²) in [4.78, 5) is 19.1. The number of sulfonamides is 1. The van der Waals surface area contributed by atoms with Gasteiger partial charge in [0.05, 0.1) is 22.0 Å². The molecule has 2 heterocycles. The van der Waals surface area contributed by atoms with Crippen LogP contribution in [0.5, 0.6) is 0 Å². The number of nitrogens with zero attached hydrogens (tertiary/aromatic N) is 2. The van der Waals surface area contributed by atoms with Gasteiger partial charge in [-0.2, -0.15) is 0 Å². The van der Waals surface area contributed by atoms with Gasteiger partial charge in [0.1, 0.15) is 0 Å². The Hall–Kier alpha value is -4.17. The summed E-state index contributed by atoms with van der Waals surface area (Å²) in [6, 6.07) is 24.9. The topological polar surface area (TPSA) is 91.4 Å². The van der Waals surface area contributed by atoms with Crippen molar-refractivity contribution < 1.29 is 13.2 Å². The highest BCUT2D eigenvalue weighted by Crippen LogP contribution is 2.38. The van der Waals surface area contributed by atoms with Crippen molar-refractivity contribution >= 4 is 38.7 Å². The van der Waals surface area contributed by atoms with Gasteiger partial charge >= 0.3 is 0 Å². The van der Waals surface area contributed by atoms with E-state index in [-0.39, 0.29) is 10.8 Å². The van der Waals surface area contributed by atoms with Crippen molar-refractivity contribution in [3.8, 4) is 0 Å². The molecule has 34 heavy (non-hydrogen) atoms. The maximum Gasteiger partial charge on any atom is 0.261 e. The van der Waals surface area contributed by atoms with Gasteiger partial charge in [0.25, 0.3) is 15.9 Å². The number of amides is 1. The van der Waals surface area contributed by atoms with Gasteiger partial charge < -0.3 is 10.2 Å². The maximum absolute atomic E-state index is 13.0. The molecule has 7 nitrogen and oxygen atoms in total. The first-order valence-electron chi connectivity index (χ1n) is 10.8. The third-order valence-corrected chi connectivity index (χ3v) is 7.09. The van der Waals surface area contributed by atoms with Gasteiger partial charge in [-0.25, -0.2) is 8.42 Å². The molecule has 5 rings (SSSR count). The Morgan fingerprint density at radius 2 is 1.50 bits per heavy atom. The fraction of sp³-hybridized carbons (Fsp3) is 0.0769. The van der Waals surface area contributed by atoms with E-state index in [1.54, 1.807) is 12.1 Å². The van der Waals surface area contributed by atoms with Crippen molar-refractivity contribution in [2.45, 2.75) is 11.3 Å². The molecule has 2 N–H and O–H groups in total. The monoisotopic (exact) mass is 470 g/mol. The second-order valence-corrected chi connectivity index (χ2v) is 9.55. The number of fused-ring (bicyclic) bond motifs is 1. The fourth-order valence-corrected chi connectivity index (χ4v) is 5.08. The van der Waals surface area contributed by atoms with Crippen LogP contribution in [-0.4, -0.2) is 25.9 Å². The summed E-state index contributed by atoms with van der Waals surface area (Å²) in [5, 5.41) is 2.98. The maximum atomic E-state index is 13.0. The molecule has 0 atom stereocenters. The molecule has 0 saturated heterocycles. The van der Waals surface area contributed by atoms with E-state index in [4.69, 9.17) is 0 Å². The average Bonchev–Trinajstić information content (AvgIpc) is 3.29. The molecule has 1 aliphatic heterocycles. The summed E-state index contributed by atoms with van der Waals surface area (Å²) >= 11 is 0. The van der Waals surface area contributed by atoms with E-state index in [1.807, 2.05) is 36.4 Å². The minimum atomic E-state index is -3.78. The lowest BCUT2D eigenvalue weighted by Crippen LogP contribution is -2.18. The highest BCUT2D eigenvalue weighted by molar-refractivity contribution is 7.92. The van der Waals surface area contributed by atoms with E-state index in [2.05, 4.69) is 32.1 Å². The molecule has 1 aliphatic rings. The van der Waals surface area contributed by atoms with E-state index in [9.17, 15) is 13.2 Å². The SMILES string of the molecule is O=C(Nc1ccccc1N1CCc2ccccc21)c1ccc(S(=O)(=O)Nc2ccncc2)cc1. The molecule has 0 bridgehead atoms. The molecule has 0 unspecified atom stereocenters. The van der Waals surface area contributed by atoms with Gasteiger partial charge in [0.2, 0.25) is 0 Å². The smallest absolute Gasteiger partial charge is 0.261 e. The van der Waals surface area contributed by atoms with Crippen LogP contribution in [0.25, 0.3) is 0 Å². The number of benzene rings is 3. The lowest BCUT2D eigenvalue weighted by Gasteiger charge is -2.23. The van der Waals surface area contributed by atoms with Crippen LogP contribution in [0.15, 0.2) is 102 Å². The van der Waals surface area contributed by atoms with Crippen LogP contribution in [0, 0.1) is 0 Å². The quantitative estimate of drug-likeness (QED) is 0.421.